The number of fused-ring (bicyclic) bond motifs is 1. The maximum Gasteiger partial charge on any atom is 0.158 e. The van der Waals surface area contributed by atoms with Gasteiger partial charge in [-0.25, -0.2) is 10.8 Å². The molecule has 0 aliphatic carbocycles. The topological polar surface area (TPSA) is 86.7 Å². The van der Waals surface area contributed by atoms with Gasteiger partial charge in [0.25, 0.3) is 0 Å². The molecule has 0 saturated heterocycles. The summed E-state index contributed by atoms with van der Waals surface area (Å²) in [6, 6.07) is 9.33. The van der Waals surface area contributed by atoms with E-state index in [0.29, 0.717) is 23.0 Å². The van der Waals surface area contributed by atoms with E-state index in [4.69, 9.17) is 15.3 Å². The van der Waals surface area contributed by atoms with Gasteiger partial charge in [0.2, 0.25) is 0 Å². The first-order valence-electron chi connectivity index (χ1n) is 6.72. The van der Waals surface area contributed by atoms with Crippen LogP contribution in [0.2, 0.25) is 0 Å². The van der Waals surface area contributed by atoms with Crippen LogP contribution in [-0.2, 0) is 0 Å². The molecule has 0 saturated carbocycles. The number of aryl methyl sites for hydroxylation is 1. The predicted molar refractivity (Wildman–Crippen MR) is 84.1 cm³/mol. The maximum absolute atomic E-state index is 5.55. The van der Waals surface area contributed by atoms with Crippen molar-refractivity contribution >= 4 is 11.5 Å². The summed E-state index contributed by atoms with van der Waals surface area (Å²) in [6.45, 7) is 1.90. The SMILES string of the molecule is COc1cc(OC)cc(-c2cc3nc(C)cc(NN)n3n2)c1. The van der Waals surface area contributed by atoms with Crippen LogP contribution >= 0.6 is 0 Å². The van der Waals surface area contributed by atoms with Gasteiger partial charge in [0.15, 0.2) is 5.65 Å². The highest BCUT2D eigenvalue weighted by Gasteiger charge is 2.11. The number of hydrogen-bond acceptors (Lipinski definition) is 6. The van der Waals surface area contributed by atoms with Crippen LogP contribution < -0.4 is 20.7 Å². The number of hydrazine groups is 1. The van der Waals surface area contributed by atoms with Gasteiger partial charge in [0.05, 0.1) is 19.9 Å². The summed E-state index contributed by atoms with van der Waals surface area (Å²) in [4.78, 5) is 4.46. The van der Waals surface area contributed by atoms with E-state index >= 15 is 0 Å². The molecule has 7 heteroatoms. The fourth-order valence-corrected chi connectivity index (χ4v) is 2.30. The van der Waals surface area contributed by atoms with Crippen LogP contribution in [0.1, 0.15) is 5.69 Å². The van der Waals surface area contributed by atoms with Crippen molar-refractivity contribution < 1.29 is 9.47 Å². The molecule has 2 heterocycles. The van der Waals surface area contributed by atoms with Gasteiger partial charge in [-0.1, -0.05) is 0 Å². The molecule has 0 aliphatic rings. The van der Waals surface area contributed by atoms with Crippen LogP contribution in [0.4, 0.5) is 5.82 Å². The van der Waals surface area contributed by atoms with Gasteiger partial charge in [-0.05, 0) is 19.1 Å². The molecule has 0 radical (unpaired) electrons. The molecule has 0 bridgehead atoms. The molecule has 0 amide bonds. The molecule has 0 fully saturated rings. The first kappa shape index (κ1) is 14.2. The molecule has 0 aliphatic heterocycles. The van der Waals surface area contributed by atoms with E-state index in [2.05, 4.69) is 15.5 Å². The molecule has 2 aromatic heterocycles. The van der Waals surface area contributed by atoms with E-state index in [0.717, 1.165) is 17.0 Å². The van der Waals surface area contributed by atoms with Gasteiger partial charge < -0.3 is 14.9 Å². The zero-order valence-electron chi connectivity index (χ0n) is 12.6. The summed E-state index contributed by atoms with van der Waals surface area (Å²) in [6.07, 6.45) is 0. The lowest BCUT2D eigenvalue weighted by Crippen LogP contribution is -2.12. The Morgan fingerprint density at radius 2 is 1.73 bits per heavy atom. The minimum atomic E-state index is 0.670. The van der Waals surface area contributed by atoms with Crippen molar-refractivity contribution in [3.05, 3.63) is 36.0 Å². The Kier molecular flexibility index (Phi) is 3.56. The van der Waals surface area contributed by atoms with Crippen molar-refractivity contribution in [2.45, 2.75) is 6.92 Å². The maximum atomic E-state index is 5.55. The lowest BCUT2D eigenvalue weighted by molar-refractivity contribution is 0.394. The molecular weight excluding hydrogens is 282 g/mol. The molecule has 1 aromatic carbocycles. The molecule has 3 aromatic rings. The number of ether oxygens (including phenoxy) is 2. The van der Waals surface area contributed by atoms with E-state index < -0.39 is 0 Å². The van der Waals surface area contributed by atoms with E-state index in [1.807, 2.05) is 37.3 Å². The summed E-state index contributed by atoms with van der Waals surface area (Å²) in [5.74, 6) is 7.62. The quantitative estimate of drug-likeness (QED) is 0.566. The summed E-state index contributed by atoms with van der Waals surface area (Å²) >= 11 is 0. The second-order valence-corrected chi connectivity index (χ2v) is 4.83. The summed E-state index contributed by atoms with van der Waals surface area (Å²) in [5.41, 5.74) is 5.83. The standard InChI is InChI=1S/C15H17N5O2/c1-9-4-15(18-16)20-14(17-9)8-13(19-20)10-5-11(21-2)7-12(6-10)22-3/h4-8,18H,16H2,1-3H3. The number of nitrogen functional groups attached to an aromatic ring is 1. The van der Waals surface area contributed by atoms with E-state index in [1.165, 1.54) is 0 Å². The van der Waals surface area contributed by atoms with Gasteiger partial charge in [-0.3, -0.25) is 0 Å². The Morgan fingerprint density at radius 1 is 1.05 bits per heavy atom. The van der Waals surface area contributed by atoms with Gasteiger partial charge in [-0.2, -0.15) is 9.61 Å². The normalized spacial score (nSPS) is 10.7. The number of nitrogens with two attached hydrogens (primary N) is 1. The minimum Gasteiger partial charge on any atom is -0.497 e. The number of rotatable bonds is 4. The smallest absolute Gasteiger partial charge is 0.158 e. The van der Waals surface area contributed by atoms with Crippen LogP contribution in [-0.4, -0.2) is 28.8 Å². The third-order valence-corrected chi connectivity index (χ3v) is 3.35. The van der Waals surface area contributed by atoms with Gasteiger partial charge in [0, 0.05) is 29.5 Å². The first-order valence-corrected chi connectivity index (χ1v) is 6.72. The van der Waals surface area contributed by atoms with Crippen molar-refractivity contribution in [3.63, 3.8) is 0 Å². The van der Waals surface area contributed by atoms with Crippen molar-refractivity contribution in [2.24, 2.45) is 5.84 Å². The number of hydrogen-bond donors (Lipinski definition) is 2. The minimum absolute atomic E-state index is 0.670. The Hall–Kier alpha value is -2.80. The van der Waals surface area contributed by atoms with E-state index in [9.17, 15) is 0 Å². The number of aromatic nitrogens is 3. The molecule has 114 valence electrons. The second kappa shape index (κ2) is 5.53. The van der Waals surface area contributed by atoms with Gasteiger partial charge >= 0.3 is 0 Å². The fraction of sp³-hybridized carbons (Fsp3) is 0.200. The molecule has 0 unspecified atom stereocenters. The summed E-state index contributed by atoms with van der Waals surface area (Å²) in [7, 11) is 3.23. The number of anilines is 1. The van der Waals surface area contributed by atoms with Crippen LogP contribution in [0, 0.1) is 6.92 Å². The van der Waals surface area contributed by atoms with E-state index in [-0.39, 0.29) is 0 Å². The lowest BCUT2D eigenvalue weighted by Gasteiger charge is -2.06. The van der Waals surface area contributed by atoms with Gasteiger partial charge in [0.1, 0.15) is 17.3 Å². The second-order valence-electron chi connectivity index (χ2n) is 4.83. The molecule has 3 N–H and O–H groups in total. The number of methoxy groups -OCH3 is 2. The number of benzene rings is 1. The zero-order chi connectivity index (χ0) is 15.7. The van der Waals surface area contributed by atoms with Crippen LogP contribution in [0.15, 0.2) is 30.3 Å². The first-order chi connectivity index (χ1) is 10.6. The number of nitrogens with one attached hydrogen (secondary N) is 1. The van der Waals surface area contributed by atoms with Crippen LogP contribution in [0.5, 0.6) is 11.5 Å². The van der Waals surface area contributed by atoms with Crippen molar-refractivity contribution in [1.82, 2.24) is 14.6 Å². The van der Waals surface area contributed by atoms with Gasteiger partial charge in [-0.15, -0.1) is 0 Å². The summed E-state index contributed by atoms with van der Waals surface area (Å²) in [5, 5.41) is 4.55. The Morgan fingerprint density at radius 3 is 2.32 bits per heavy atom. The molecule has 22 heavy (non-hydrogen) atoms. The molecule has 0 spiro atoms. The van der Waals surface area contributed by atoms with Crippen LogP contribution in [0.3, 0.4) is 0 Å². The fourth-order valence-electron chi connectivity index (χ4n) is 2.30. The van der Waals surface area contributed by atoms with Crippen molar-refractivity contribution in [1.29, 1.82) is 0 Å². The third-order valence-electron chi connectivity index (χ3n) is 3.35. The Bertz CT molecular complexity index is 806. The average molecular weight is 299 g/mol. The molecule has 0 atom stereocenters. The van der Waals surface area contributed by atoms with Crippen molar-refractivity contribution in [3.8, 4) is 22.8 Å². The Labute approximate surface area is 127 Å². The molecular formula is C15H17N5O2. The van der Waals surface area contributed by atoms with Crippen molar-refractivity contribution in [2.75, 3.05) is 19.6 Å². The van der Waals surface area contributed by atoms with E-state index in [1.54, 1.807) is 18.7 Å². The highest BCUT2D eigenvalue weighted by molar-refractivity contribution is 5.68. The third kappa shape index (κ3) is 2.42. The average Bonchev–Trinajstić information content (AvgIpc) is 2.97. The number of nitrogens with zero attached hydrogens (tertiary/aromatic N) is 3. The highest BCUT2D eigenvalue weighted by atomic mass is 16.5. The monoisotopic (exact) mass is 299 g/mol. The highest BCUT2D eigenvalue weighted by Crippen LogP contribution is 2.30. The summed E-state index contributed by atoms with van der Waals surface area (Å²) < 4.78 is 12.2. The molecule has 7 nitrogen and oxygen atoms in total. The van der Waals surface area contributed by atoms with Crippen LogP contribution in [0.25, 0.3) is 16.9 Å². The largest absolute Gasteiger partial charge is 0.497 e. The molecule has 3 rings (SSSR count). The predicted octanol–water partition coefficient (Wildman–Crippen LogP) is 2.01. The zero-order valence-corrected chi connectivity index (χ0v) is 12.6. The lowest BCUT2D eigenvalue weighted by atomic mass is 10.1. The Balaban J connectivity index is 2.18.